The van der Waals surface area contributed by atoms with Crippen molar-refractivity contribution < 1.29 is 23.8 Å². The minimum Gasteiger partial charge on any atom is -0.490 e. The van der Waals surface area contributed by atoms with Gasteiger partial charge in [0.2, 0.25) is 0 Å². The Morgan fingerprint density at radius 1 is 1.00 bits per heavy atom. The van der Waals surface area contributed by atoms with E-state index in [9.17, 15) is 9.59 Å². The van der Waals surface area contributed by atoms with Crippen LogP contribution in [0.1, 0.15) is 25.0 Å². The van der Waals surface area contributed by atoms with Crippen LogP contribution in [0.3, 0.4) is 0 Å². The number of carbonyl (C=O) groups excluding carboxylic acids is 2. The Balaban J connectivity index is 1.90. The van der Waals surface area contributed by atoms with E-state index in [1.54, 1.807) is 24.3 Å². The van der Waals surface area contributed by atoms with Crippen LogP contribution in [-0.4, -0.2) is 31.7 Å². The fraction of sp³-hybridized carbons (Fsp3) is 0.273. The molecule has 0 atom stereocenters. The minimum absolute atomic E-state index is 0.356. The molecule has 148 valence electrons. The number of aryl methyl sites for hydroxylation is 1. The van der Waals surface area contributed by atoms with Crippen LogP contribution in [0.25, 0.3) is 6.08 Å². The first-order chi connectivity index (χ1) is 13.5. The third kappa shape index (κ3) is 6.46. The number of carbonyl (C=O) groups is 2. The molecule has 0 spiro atoms. The number of nitrogens with one attached hydrogen (secondary N) is 1. The van der Waals surface area contributed by atoms with E-state index in [1.807, 2.05) is 45.0 Å². The highest BCUT2D eigenvalue weighted by molar-refractivity contribution is 5.95. The number of rotatable bonds is 9. The monoisotopic (exact) mass is 383 g/mol. The summed E-state index contributed by atoms with van der Waals surface area (Å²) in [6, 6.07) is 12.8. The molecule has 0 unspecified atom stereocenters. The van der Waals surface area contributed by atoms with Crippen molar-refractivity contribution in [2.24, 2.45) is 0 Å². The smallest absolute Gasteiger partial charge is 0.331 e. The highest BCUT2D eigenvalue weighted by atomic mass is 16.5. The molecule has 6 nitrogen and oxygen atoms in total. The largest absolute Gasteiger partial charge is 0.490 e. The number of ether oxygens (including phenoxy) is 3. The Labute approximate surface area is 165 Å². The Hall–Kier alpha value is -3.28. The standard InChI is InChI=1S/C22H25NO5/c1-4-26-19-12-10-17(14-20(19)27-5-2)11-13-22(25)28-15-21(24)23-18-9-7-6-8-16(18)3/h6-14H,4-5,15H2,1-3H3,(H,23,24)/b13-11+. The van der Waals surface area contributed by atoms with Crippen molar-refractivity contribution in [3.63, 3.8) is 0 Å². The number of amides is 1. The third-order valence-corrected chi connectivity index (χ3v) is 3.74. The predicted octanol–water partition coefficient (Wildman–Crippen LogP) is 3.99. The lowest BCUT2D eigenvalue weighted by molar-refractivity contribution is -0.142. The first-order valence-corrected chi connectivity index (χ1v) is 9.13. The quantitative estimate of drug-likeness (QED) is 0.524. The normalized spacial score (nSPS) is 10.5. The molecule has 0 aliphatic rings. The number of hydrogen-bond acceptors (Lipinski definition) is 5. The molecule has 2 rings (SSSR count). The summed E-state index contributed by atoms with van der Waals surface area (Å²) in [5.41, 5.74) is 2.38. The van der Waals surface area contributed by atoms with Gasteiger partial charge in [0.05, 0.1) is 13.2 Å². The van der Waals surface area contributed by atoms with E-state index < -0.39 is 11.9 Å². The molecule has 1 amide bonds. The summed E-state index contributed by atoms with van der Waals surface area (Å²) in [4.78, 5) is 23.8. The summed E-state index contributed by atoms with van der Waals surface area (Å²) in [5, 5.41) is 2.71. The molecule has 28 heavy (non-hydrogen) atoms. The van der Waals surface area contributed by atoms with Gasteiger partial charge in [-0.2, -0.15) is 0 Å². The Morgan fingerprint density at radius 3 is 2.43 bits per heavy atom. The van der Waals surface area contributed by atoms with Gasteiger partial charge in [-0.05, 0) is 56.2 Å². The zero-order valence-electron chi connectivity index (χ0n) is 16.4. The molecule has 1 N–H and O–H groups in total. The maximum Gasteiger partial charge on any atom is 0.331 e. The Bertz CT molecular complexity index is 845. The second kappa shape index (κ2) is 10.8. The topological polar surface area (TPSA) is 73.9 Å². The number of para-hydroxylation sites is 1. The van der Waals surface area contributed by atoms with Gasteiger partial charge >= 0.3 is 5.97 Å². The summed E-state index contributed by atoms with van der Waals surface area (Å²) in [6.07, 6.45) is 2.87. The summed E-state index contributed by atoms with van der Waals surface area (Å²) in [6.45, 7) is 6.35. The van der Waals surface area contributed by atoms with Crippen molar-refractivity contribution in [1.82, 2.24) is 0 Å². The molecule has 0 aliphatic carbocycles. The van der Waals surface area contributed by atoms with Crippen LogP contribution in [0, 0.1) is 6.92 Å². The summed E-state index contributed by atoms with van der Waals surface area (Å²) in [5.74, 6) is 0.261. The van der Waals surface area contributed by atoms with Crippen LogP contribution in [0.2, 0.25) is 0 Å². The zero-order chi connectivity index (χ0) is 20.4. The van der Waals surface area contributed by atoms with Crippen molar-refractivity contribution in [1.29, 1.82) is 0 Å². The van der Waals surface area contributed by atoms with E-state index in [-0.39, 0.29) is 6.61 Å². The second-order valence-electron chi connectivity index (χ2n) is 5.88. The summed E-state index contributed by atoms with van der Waals surface area (Å²) in [7, 11) is 0. The van der Waals surface area contributed by atoms with Crippen LogP contribution in [0.5, 0.6) is 11.5 Å². The van der Waals surface area contributed by atoms with Gasteiger partial charge in [-0.3, -0.25) is 4.79 Å². The number of anilines is 1. The van der Waals surface area contributed by atoms with Gasteiger partial charge in [0, 0.05) is 11.8 Å². The summed E-state index contributed by atoms with van der Waals surface area (Å²) >= 11 is 0. The fourth-order valence-corrected chi connectivity index (χ4v) is 2.42. The Morgan fingerprint density at radius 2 is 1.71 bits per heavy atom. The molecule has 0 heterocycles. The van der Waals surface area contributed by atoms with Crippen molar-refractivity contribution in [3.8, 4) is 11.5 Å². The van der Waals surface area contributed by atoms with Crippen LogP contribution in [-0.2, 0) is 14.3 Å². The van der Waals surface area contributed by atoms with Crippen molar-refractivity contribution in [2.75, 3.05) is 25.1 Å². The van der Waals surface area contributed by atoms with Crippen LogP contribution >= 0.6 is 0 Å². The molecule has 6 heteroatoms. The third-order valence-electron chi connectivity index (χ3n) is 3.74. The number of esters is 1. The molecule has 2 aromatic rings. The van der Waals surface area contributed by atoms with E-state index in [0.717, 1.165) is 11.1 Å². The second-order valence-corrected chi connectivity index (χ2v) is 5.88. The van der Waals surface area contributed by atoms with Crippen LogP contribution < -0.4 is 14.8 Å². The van der Waals surface area contributed by atoms with Crippen molar-refractivity contribution in [2.45, 2.75) is 20.8 Å². The lowest BCUT2D eigenvalue weighted by atomic mass is 10.2. The van der Waals surface area contributed by atoms with E-state index in [1.165, 1.54) is 6.08 Å². The van der Waals surface area contributed by atoms with Gasteiger partial charge in [-0.25, -0.2) is 4.79 Å². The Kier molecular flexibility index (Phi) is 8.09. The average Bonchev–Trinajstić information content (AvgIpc) is 2.68. The number of benzene rings is 2. The van der Waals surface area contributed by atoms with Gasteiger partial charge < -0.3 is 19.5 Å². The van der Waals surface area contributed by atoms with Crippen LogP contribution in [0.15, 0.2) is 48.5 Å². The van der Waals surface area contributed by atoms with E-state index in [4.69, 9.17) is 14.2 Å². The molecule has 0 saturated heterocycles. The molecule has 0 bridgehead atoms. The van der Waals surface area contributed by atoms with Gasteiger partial charge in [0.1, 0.15) is 0 Å². The van der Waals surface area contributed by atoms with Crippen molar-refractivity contribution >= 4 is 23.6 Å². The van der Waals surface area contributed by atoms with Gasteiger partial charge in [0.25, 0.3) is 5.91 Å². The maximum atomic E-state index is 11.9. The number of hydrogen-bond donors (Lipinski definition) is 1. The first-order valence-electron chi connectivity index (χ1n) is 9.13. The molecule has 0 fully saturated rings. The van der Waals surface area contributed by atoms with Gasteiger partial charge in [-0.15, -0.1) is 0 Å². The minimum atomic E-state index is -0.605. The van der Waals surface area contributed by atoms with Gasteiger partial charge in [0.15, 0.2) is 18.1 Å². The van der Waals surface area contributed by atoms with E-state index in [0.29, 0.717) is 30.4 Å². The zero-order valence-corrected chi connectivity index (χ0v) is 16.4. The molecular formula is C22H25NO5. The van der Waals surface area contributed by atoms with E-state index >= 15 is 0 Å². The SMILES string of the molecule is CCOc1ccc(/C=C/C(=O)OCC(=O)Nc2ccccc2C)cc1OCC. The molecule has 0 saturated carbocycles. The molecule has 0 radical (unpaired) electrons. The predicted molar refractivity (Wildman–Crippen MR) is 109 cm³/mol. The van der Waals surface area contributed by atoms with Crippen LogP contribution in [0.4, 0.5) is 5.69 Å². The molecular weight excluding hydrogens is 358 g/mol. The highest BCUT2D eigenvalue weighted by Crippen LogP contribution is 2.29. The lowest BCUT2D eigenvalue weighted by Crippen LogP contribution is -2.20. The average molecular weight is 383 g/mol. The fourth-order valence-electron chi connectivity index (χ4n) is 2.42. The highest BCUT2D eigenvalue weighted by Gasteiger charge is 2.08. The molecule has 0 aliphatic heterocycles. The lowest BCUT2D eigenvalue weighted by Gasteiger charge is -2.11. The van der Waals surface area contributed by atoms with Gasteiger partial charge in [-0.1, -0.05) is 24.3 Å². The van der Waals surface area contributed by atoms with E-state index in [2.05, 4.69) is 5.32 Å². The van der Waals surface area contributed by atoms with Crippen molar-refractivity contribution in [3.05, 3.63) is 59.7 Å². The summed E-state index contributed by atoms with van der Waals surface area (Å²) < 4.78 is 16.0. The molecule has 0 aromatic heterocycles. The maximum absolute atomic E-state index is 11.9. The molecule has 2 aromatic carbocycles. The first kappa shape index (κ1) is 21.0.